The predicted octanol–water partition coefficient (Wildman–Crippen LogP) is 3.26. The topological polar surface area (TPSA) is 26.0 Å². The molecule has 0 radical (unpaired) electrons. The Morgan fingerprint density at radius 2 is 2.00 bits per heavy atom. The first-order valence-electron chi connectivity index (χ1n) is 4.08. The summed E-state index contributed by atoms with van der Waals surface area (Å²) in [5.74, 6) is 0. The van der Waals surface area contributed by atoms with E-state index >= 15 is 0 Å². The van der Waals surface area contributed by atoms with Crippen molar-refractivity contribution < 1.29 is 0 Å². The van der Waals surface area contributed by atoms with Crippen LogP contribution in [0.15, 0.2) is 23.1 Å². The fourth-order valence-electron chi connectivity index (χ4n) is 1.30. The van der Waals surface area contributed by atoms with Crippen molar-refractivity contribution in [1.29, 1.82) is 0 Å². The van der Waals surface area contributed by atoms with E-state index in [0.29, 0.717) is 0 Å². The number of halogens is 1. The third kappa shape index (κ3) is 2.39. The molecule has 0 fully saturated rings. The zero-order valence-corrected chi connectivity index (χ0v) is 9.67. The summed E-state index contributed by atoms with van der Waals surface area (Å²) < 4.78 is 0. The molecule has 0 amide bonds. The number of nitrogens with two attached hydrogens (primary N) is 1. The van der Waals surface area contributed by atoms with Crippen LogP contribution >= 0.6 is 23.4 Å². The molecule has 0 aromatic heterocycles. The van der Waals surface area contributed by atoms with E-state index in [9.17, 15) is 0 Å². The summed E-state index contributed by atoms with van der Waals surface area (Å²) in [4.78, 5) is 1.15. The molecule has 0 aliphatic heterocycles. The van der Waals surface area contributed by atoms with Crippen LogP contribution in [0.5, 0.6) is 0 Å². The Kier molecular flexibility index (Phi) is 3.28. The molecule has 0 unspecified atom stereocenters. The second kappa shape index (κ2) is 3.91. The first kappa shape index (κ1) is 10.9. The molecule has 0 atom stereocenters. The molecular formula is C10H14ClNS. The zero-order valence-electron chi connectivity index (χ0n) is 8.10. The summed E-state index contributed by atoms with van der Waals surface area (Å²) in [5.41, 5.74) is 6.69. The van der Waals surface area contributed by atoms with Crippen molar-refractivity contribution in [3.05, 3.63) is 28.8 Å². The zero-order chi connectivity index (χ0) is 10.1. The first-order chi connectivity index (χ1) is 5.96. The third-order valence-corrected chi connectivity index (χ3v) is 2.93. The molecule has 0 aliphatic carbocycles. The van der Waals surface area contributed by atoms with Crippen LogP contribution in [0, 0.1) is 0 Å². The van der Waals surface area contributed by atoms with Gasteiger partial charge < -0.3 is 5.73 Å². The Labute approximate surface area is 88.7 Å². The standard InChI is InChI=1S/C10H14ClNS/c1-10(2,12)9-7(11)5-4-6-8(9)13-3/h4-6H,12H2,1-3H3. The van der Waals surface area contributed by atoms with E-state index in [1.165, 1.54) is 0 Å². The highest BCUT2D eigenvalue weighted by atomic mass is 35.5. The highest BCUT2D eigenvalue weighted by Crippen LogP contribution is 2.33. The predicted molar refractivity (Wildman–Crippen MR) is 60.4 cm³/mol. The van der Waals surface area contributed by atoms with E-state index in [-0.39, 0.29) is 5.54 Å². The fourth-order valence-corrected chi connectivity index (χ4v) is 2.57. The van der Waals surface area contributed by atoms with Gasteiger partial charge in [-0.05, 0) is 32.2 Å². The number of benzene rings is 1. The first-order valence-corrected chi connectivity index (χ1v) is 5.69. The molecule has 13 heavy (non-hydrogen) atoms. The van der Waals surface area contributed by atoms with Gasteiger partial charge in [0.2, 0.25) is 0 Å². The van der Waals surface area contributed by atoms with Crippen LogP contribution in [-0.4, -0.2) is 6.26 Å². The lowest BCUT2D eigenvalue weighted by molar-refractivity contribution is 0.544. The summed E-state index contributed by atoms with van der Waals surface area (Å²) in [6.45, 7) is 3.93. The molecule has 1 nitrogen and oxygen atoms in total. The van der Waals surface area contributed by atoms with Gasteiger partial charge in [0.1, 0.15) is 0 Å². The quantitative estimate of drug-likeness (QED) is 0.767. The Bertz CT molecular complexity index is 304. The summed E-state index contributed by atoms with van der Waals surface area (Å²) in [6.07, 6.45) is 2.03. The van der Waals surface area contributed by atoms with Crippen LogP contribution in [-0.2, 0) is 5.54 Å². The second-order valence-electron chi connectivity index (χ2n) is 3.54. The monoisotopic (exact) mass is 215 g/mol. The summed E-state index contributed by atoms with van der Waals surface area (Å²) in [7, 11) is 0. The molecular weight excluding hydrogens is 202 g/mol. The average molecular weight is 216 g/mol. The van der Waals surface area contributed by atoms with Crippen LogP contribution in [0.25, 0.3) is 0 Å². The van der Waals surface area contributed by atoms with Crippen molar-refractivity contribution in [2.75, 3.05) is 6.26 Å². The lowest BCUT2D eigenvalue weighted by Gasteiger charge is -2.23. The largest absolute Gasteiger partial charge is 0.322 e. The van der Waals surface area contributed by atoms with Gasteiger partial charge in [0, 0.05) is 21.0 Å². The lowest BCUT2D eigenvalue weighted by atomic mass is 9.95. The van der Waals surface area contributed by atoms with Gasteiger partial charge in [-0.25, -0.2) is 0 Å². The Balaban J connectivity index is 3.32. The molecule has 1 rings (SSSR count). The molecule has 0 saturated carbocycles. The van der Waals surface area contributed by atoms with Crippen molar-refractivity contribution in [3.8, 4) is 0 Å². The molecule has 0 saturated heterocycles. The molecule has 0 bridgehead atoms. The average Bonchev–Trinajstić information content (AvgIpc) is 2.01. The van der Waals surface area contributed by atoms with E-state index < -0.39 is 0 Å². The fraction of sp³-hybridized carbons (Fsp3) is 0.400. The molecule has 0 spiro atoms. The highest BCUT2D eigenvalue weighted by molar-refractivity contribution is 7.98. The van der Waals surface area contributed by atoms with Crippen molar-refractivity contribution in [2.24, 2.45) is 5.73 Å². The minimum Gasteiger partial charge on any atom is -0.322 e. The van der Waals surface area contributed by atoms with E-state index in [1.807, 2.05) is 38.3 Å². The van der Waals surface area contributed by atoms with Gasteiger partial charge in [-0.15, -0.1) is 11.8 Å². The maximum Gasteiger partial charge on any atom is 0.0467 e. The van der Waals surface area contributed by atoms with E-state index in [2.05, 4.69) is 0 Å². The summed E-state index contributed by atoms with van der Waals surface area (Å²) in [5, 5.41) is 0.749. The van der Waals surface area contributed by atoms with Crippen molar-refractivity contribution in [1.82, 2.24) is 0 Å². The number of hydrogen-bond donors (Lipinski definition) is 1. The minimum absolute atomic E-state index is 0.378. The van der Waals surface area contributed by atoms with Gasteiger partial charge in [0.15, 0.2) is 0 Å². The minimum atomic E-state index is -0.378. The van der Waals surface area contributed by atoms with Crippen LogP contribution in [0.2, 0.25) is 5.02 Å². The molecule has 0 aliphatic rings. The van der Waals surface area contributed by atoms with Gasteiger partial charge >= 0.3 is 0 Å². The van der Waals surface area contributed by atoms with Gasteiger partial charge in [-0.2, -0.15) is 0 Å². The van der Waals surface area contributed by atoms with Gasteiger partial charge in [-0.3, -0.25) is 0 Å². The maximum absolute atomic E-state index is 6.10. The molecule has 1 aromatic rings. The molecule has 72 valence electrons. The Morgan fingerprint density at radius 3 is 2.38 bits per heavy atom. The lowest BCUT2D eigenvalue weighted by Crippen LogP contribution is -2.29. The molecule has 3 heteroatoms. The van der Waals surface area contributed by atoms with Crippen molar-refractivity contribution in [3.63, 3.8) is 0 Å². The normalized spacial score (nSPS) is 11.8. The second-order valence-corrected chi connectivity index (χ2v) is 4.79. The van der Waals surface area contributed by atoms with Crippen molar-refractivity contribution >= 4 is 23.4 Å². The maximum atomic E-state index is 6.10. The van der Waals surface area contributed by atoms with Crippen LogP contribution in [0.1, 0.15) is 19.4 Å². The molecule has 0 heterocycles. The van der Waals surface area contributed by atoms with Crippen LogP contribution < -0.4 is 5.73 Å². The smallest absolute Gasteiger partial charge is 0.0467 e. The van der Waals surface area contributed by atoms with Gasteiger partial charge in [0.05, 0.1) is 0 Å². The number of rotatable bonds is 2. The van der Waals surface area contributed by atoms with Gasteiger partial charge in [0.25, 0.3) is 0 Å². The Hall–Kier alpha value is -0.180. The van der Waals surface area contributed by atoms with E-state index in [1.54, 1.807) is 11.8 Å². The third-order valence-electron chi connectivity index (χ3n) is 1.84. The Morgan fingerprint density at radius 1 is 1.38 bits per heavy atom. The van der Waals surface area contributed by atoms with E-state index in [0.717, 1.165) is 15.5 Å². The van der Waals surface area contributed by atoms with E-state index in [4.69, 9.17) is 17.3 Å². The summed E-state index contributed by atoms with van der Waals surface area (Å²) in [6, 6.07) is 5.87. The van der Waals surface area contributed by atoms with Crippen LogP contribution in [0.3, 0.4) is 0 Å². The van der Waals surface area contributed by atoms with Crippen LogP contribution in [0.4, 0.5) is 0 Å². The number of thioether (sulfide) groups is 1. The van der Waals surface area contributed by atoms with Gasteiger partial charge in [-0.1, -0.05) is 17.7 Å². The summed E-state index contributed by atoms with van der Waals surface area (Å²) >= 11 is 7.77. The van der Waals surface area contributed by atoms with Crippen molar-refractivity contribution in [2.45, 2.75) is 24.3 Å². The molecule has 2 N–H and O–H groups in total. The SMILES string of the molecule is CSc1cccc(Cl)c1C(C)(C)N. The molecule has 1 aromatic carbocycles. The highest BCUT2D eigenvalue weighted by Gasteiger charge is 2.20. The number of hydrogen-bond acceptors (Lipinski definition) is 2.